The maximum absolute atomic E-state index is 12.8. The number of methoxy groups -OCH3 is 3. The zero-order valence-corrected chi connectivity index (χ0v) is 19.1. The average molecular weight is 470 g/mol. The second-order valence-corrected chi connectivity index (χ2v) is 7.56. The molecule has 180 valence electrons. The van der Waals surface area contributed by atoms with Crippen molar-refractivity contribution in [1.29, 1.82) is 0 Å². The Labute approximate surface area is 196 Å². The Morgan fingerprint density at radius 2 is 1.68 bits per heavy atom. The van der Waals surface area contributed by atoms with Gasteiger partial charge in [-0.1, -0.05) is 0 Å². The lowest BCUT2D eigenvalue weighted by atomic mass is 9.95. The van der Waals surface area contributed by atoms with E-state index in [4.69, 9.17) is 14.2 Å². The van der Waals surface area contributed by atoms with Crippen LogP contribution in [-0.4, -0.2) is 62.3 Å². The lowest BCUT2D eigenvalue weighted by molar-refractivity contribution is -0.385. The van der Waals surface area contributed by atoms with E-state index in [9.17, 15) is 19.7 Å². The number of nitrogens with one attached hydrogen (secondary N) is 1. The fourth-order valence-corrected chi connectivity index (χ4v) is 3.69. The van der Waals surface area contributed by atoms with Crippen LogP contribution >= 0.6 is 0 Å². The van der Waals surface area contributed by atoms with E-state index in [0.717, 1.165) is 0 Å². The smallest absolute Gasteiger partial charge is 0.311 e. The molecule has 0 bridgehead atoms. The molecule has 34 heavy (non-hydrogen) atoms. The van der Waals surface area contributed by atoms with E-state index in [1.807, 2.05) is 0 Å². The van der Waals surface area contributed by atoms with Crippen LogP contribution in [0.15, 0.2) is 41.5 Å². The molecule has 2 aromatic rings. The lowest BCUT2D eigenvalue weighted by Gasteiger charge is -2.31. The van der Waals surface area contributed by atoms with Gasteiger partial charge in [-0.05, 0) is 43.2 Å². The topological polar surface area (TPSA) is 133 Å². The van der Waals surface area contributed by atoms with Gasteiger partial charge in [0.1, 0.15) is 0 Å². The van der Waals surface area contributed by atoms with Gasteiger partial charge in [0, 0.05) is 36.2 Å². The van der Waals surface area contributed by atoms with Crippen LogP contribution in [0.25, 0.3) is 0 Å². The first-order valence-electron chi connectivity index (χ1n) is 10.5. The van der Waals surface area contributed by atoms with E-state index >= 15 is 0 Å². The molecule has 0 spiro atoms. The Hall–Kier alpha value is -4.15. The maximum atomic E-state index is 12.8. The molecule has 0 aliphatic carbocycles. The summed E-state index contributed by atoms with van der Waals surface area (Å²) in [7, 11) is 4.39. The molecule has 1 fully saturated rings. The Morgan fingerprint density at radius 1 is 1.03 bits per heavy atom. The number of hydrazone groups is 1. The zero-order valence-electron chi connectivity index (χ0n) is 19.1. The van der Waals surface area contributed by atoms with Gasteiger partial charge in [-0.3, -0.25) is 19.7 Å². The number of rotatable bonds is 8. The molecule has 0 saturated carbocycles. The molecule has 1 N–H and O–H groups in total. The van der Waals surface area contributed by atoms with Crippen molar-refractivity contribution in [2.45, 2.75) is 12.8 Å². The molecule has 1 heterocycles. The Balaban J connectivity index is 1.54. The molecule has 0 atom stereocenters. The summed E-state index contributed by atoms with van der Waals surface area (Å²) >= 11 is 0. The summed E-state index contributed by atoms with van der Waals surface area (Å²) in [6.45, 7) is 0.860. The van der Waals surface area contributed by atoms with Gasteiger partial charge < -0.3 is 19.1 Å². The first-order chi connectivity index (χ1) is 16.4. The largest absolute Gasteiger partial charge is 0.493 e. The number of amides is 2. The van der Waals surface area contributed by atoms with E-state index < -0.39 is 4.92 Å². The fourth-order valence-electron chi connectivity index (χ4n) is 3.69. The van der Waals surface area contributed by atoms with Crippen LogP contribution in [0, 0.1) is 16.0 Å². The van der Waals surface area contributed by atoms with E-state index in [0.29, 0.717) is 48.6 Å². The molecule has 1 aliphatic rings. The molecule has 1 aliphatic heterocycles. The van der Waals surface area contributed by atoms with Gasteiger partial charge in [-0.15, -0.1) is 0 Å². The quantitative estimate of drug-likeness (QED) is 0.356. The summed E-state index contributed by atoms with van der Waals surface area (Å²) < 4.78 is 15.4. The van der Waals surface area contributed by atoms with Crippen molar-refractivity contribution in [3.63, 3.8) is 0 Å². The average Bonchev–Trinajstić information content (AvgIpc) is 2.87. The number of benzene rings is 2. The number of nitro benzene ring substituents is 1. The summed E-state index contributed by atoms with van der Waals surface area (Å²) in [5.74, 6) is 0.454. The Morgan fingerprint density at radius 3 is 2.29 bits per heavy atom. The number of likely N-dealkylation sites (tertiary alicyclic amines) is 1. The van der Waals surface area contributed by atoms with E-state index in [1.165, 1.54) is 39.7 Å². The maximum Gasteiger partial charge on any atom is 0.311 e. The first kappa shape index (κ1) is 24.5. The highest BCUT2D eigenvalue weighted by Crippen LogP contribution is 2.29. The third-order valence-corrected chi connectivity index (χ3v) is 5.57. The molecule has 11 nitrogen and oxygen atoms in total. The van der Waals surface area contributed by atoms with Crippen LogP contribution in [-0.2, 0) is 4.79 Å². The van der Waals surface area contributed by atoms with Gasteiger partial charge in [-0.25, -0.2) is 5.43 Å². The summed E-state index contributed by atoms with van der Waals surface area (Å²) in [6.07, 6.45) is 2.32. The third kappa shape index (κ3) is 5.61. The number of ether oxygens (including phenoxy) is 3. The normalized spacial score (nSPS) is 14.0. The predicted octanol–water partition coefficient (Wildman–Crippen LogP) is 2.62. The van der Waals surface area contributed by atoms with Gasteiger partial charge >= 0.3 is 5.69 Å². The molecule has 3 rings (SSSR count). The molecular formula is C23H26N4O7. The molecule has 0 radical (unpaired) electrons. The monoisotopic (exact) mass is 470 g/mol. The summed E-state index contributed by atoms with van der Waals surface area (Å²) in [6, 6.07) is 9.37. The summed E-state index contributed by atoms with van der Waals surface area (Å²) in [5, 5.41) is 15.0. The van der Waals surface area contributed by atoms with Gasteiger partial charge in [0.25, 0.3) is 5.91 Å². The van der Waals surface area contributed by atoms with E-state index in [1.54, 1.807) is 29.2 Å². The van der Waals surface area contributed by atoms with Gasteiger partial charge in [0.15, 0.2) is 17.2 Å². The minimum atomic E-state index is -0.550. The Bertz CT molecular complexity index is 1090. The molecule has 2 aromatic carbocycles. The van der Waals surface area contributed by atoms with Crippen molar-refractivity contribution in [1.82, 2.24) is 10.3 Å². The highest BCUT2D eigenvalue weighted by Gasteiger charge is 2.28. The second-order valence-electron chi connectivity index (χ2n) is 7.56. The SMILES string of the molecule is COc1ccc(C(=O)N2CCC(C(=O)N/N=C\c3ccc(OC)c([N+](=O)[O-])c3)CC2)cc1OC. The first-order valence-corrected chi connectivity index (χ1v) is 10.5. The van der Waals surface area contributed by atoms with Crippen molar-refractivity contribution in [2.24, 2.45) is 11.0 Å². The molecule has 2 amide bonds. The van der Waals surface area contributed by atoms with Gasteiger partial charge in [0.05, 0.1) is 32.5 Å². The van der Waals surface area contributed by atoms with Crippen LogP contribution in [0.4, 0.5) is 5.69 Å². The van der Waals surface area contributed by atoms with E-state index in [-0.39, 0.29) is 29.2 Å². The molecule has 0 unspecified atom stereocenters. The van der Waals surface area contributed by atoms with Crippen molar-refractivity contribution >= 4 is 23.7 Å². The highest BCUT2D eigenvalue weighted by molar-refractivity contribution is 5.95. The number of hydrogen-bond acceptors (Lipinski definition) is 8. The predicted molar refractivity (Wildman–Crippen MR) is 124 cm³/mol. The van der Waals surface area contributed by atoms with Gasteiger partial charge in [0.2, 0.25) is 5.91 Å². The second kappa shape index (κ2) is 11.1. The molecule has 0 aromatic heterocycles. The minimum Gasteiger partial charge on any atom is -0.493 e. The van der Waals surface area contributed by atoms with Crippen LogP contribution in [0.1, 0.15) is 28.8 Å². The lowest BCUT2D eigenvalue weighted by Crippen LogP contribution is -2.42. The summed E-state index contributed by atoms with van der Waals surface area (Å²) in [5.41, 5.74) is 3.22. The van der Waals surface area contributed by atoms with E-state index in [2.05, 4.69) is 10.5 Å². The number of nitrogens with zero attached hydrogens (tertiary/aromatic N) is 3. The number of carbonyl (C=O) groups excluding carboxylic acids is 2. The standard InChI is InChI=1S/C23H26N4O7/c1-32-19-6-4-15(12-18(19)27(30)31)14-24-25-22(28)16-8-10-26(11-9-16)23(29)17-5-7-20(33-2)21(13-17)34-3/h4-7,12-14,16H,8-11H2,1-3H3,(H,25,28)/b24-14-. The molecular weight excluding hydrogens is 444 g/mol. The van der Waals surface area contributed by atoms with Gasteiger partial charge in [-0.2, -0.15) is 5.10 Å². The summed E-state index contributed by atoms with van der Waals surface area (Å²) in [4.78, 5) is 37.6. The van der Waals surface area contributed by atoms with Crippen molar-refractivity contribution in [3.8, 4) is 17.2 Å². The van der Waals surface area contributed by atoms with Crippen LogP contribution in [0.2, 0.25) is 0 Å². The van der Waals surface area contributed by atoms with Crippen LogP contribution < -0.4 is 19.6 Å². The van der Waals surface area contributed by atoms with Crippen molar-refractivity contribution in [3.05, 3.63) is 57.6 Å². The van der Waals surface area contributed by atoms with Crippen LogP contribution in [0.5, 0.6) is 17.2 Å². The highest BCUT2D eigenvalue weighted by atomic mass is 16.6. The minimum absolute atomic E-state index is 0.139. The van der Waals surface area contributed by atoms with Crippen LogP contribution in [0.3, 0.4) is 0 Å². The molecule has 1 saturated heterocycles. The fraction of sp³-hybridized carbons (Fsp3) is 0.348. The number of carbonyl (C=O) groups is 2. The number of piperidine rings is 1. The van der Waals surface area contributed by atoms with Crippen molar-refractivity contribution < 1.29 is 28.7 Å². The van der Waals surface area contributed by atoms with Crippen molar-refractivity contribution in [2.75, 3.05) is 34.4 Å². The number of nitro groups is 1. The zero-order chi connectivity index (χ0) is 24.7. The molecule has 11 heteroatoms. The number of hydrogen-bond donors (Lipinski definition) is 1. The Kier molecular flexibility index (Phi) is 8.01. The third-order valence-electron chi connectivity index (χ3n) is 5.57.